The molecule has 0 spiro atoms. The standard InChI is InChI=1S/C18H23FN4O2/c1-12(15-5-4-6-16(19)9-15)22-8-7-17(10-22)23(14(3)24)11-18-20-13(2)25-21-18/h4-6,9,12,17H,7-8,10-11H2,1-3H3/t12-,17+/m0/s1. The second-order valence-corrected chi connectivity index (χ2v) is 6.54. The van der Waals surface area contributed by atoms with Gasteiger partial charge in [-0.2, -0.15) is 4.98 Å². The van der Waals surface area contributed by atoms with Crippen molar-refractivity contribution in [2.24, 2.45) is 0 Å². The van der Waals surface area contributed by atoms with Gasteiger partial charge >= 0.3 is 0 Å². The predicted molar refractivity (Wildman–Crippen MR) is 90.1 cm³/mol. The van der Waals surface area contributed by atoms with Crippen LogP contribution in [0.25, 0.3) is 0 Å². The highest BCUT2D eigenvalue weighted by molar-refractivity contribution is 5.73. The van der Waals surface area contributed by atoms with E-state index in [4.69, 9.17) is 4.52 Å². The monoisotopic (exact) mass is 346 g/mol. The van der Waals surface area contributed by atoms with E-state index in [0.717, 1.165) is 25.1 Å². The summed E-state index contributed by atoms with van der Waals surface area (Å²) in [6.07, 6.45) is 0.871. The Labute approximate surface area is 146 Å². The fourth-order valence-electron chi connectivity index (χ4n) is 3.41. The molecule has 1 aromatic carbocycles. The number of aromatic nitrogens is 2. The zero-order valence-electron chi connectivity index (χ0n) is 14.8. The van der Waals surface area contributed by atoms with Gasteiger partial charge in [-0.25, -0.2) is 4.39 Å². The van der Waals surface area contributed by atoms with Crippen molar-refractivity contribution in [2.45, 2.75) is 45.8 Å². The third kappa shape index (κ3) is 4.04. The predicted octanol–water partition coefficient (Wildman–Crippen LogP) is 2.70. The Balaban J connectivity index is 1.68. The maximum absolute atomic E-state index is 13.5. The number of carbonyl (C=O) groups excluding carboxylic acids is 1. The number of likely N-dealkylation sites (tertiary alicyclic amines) is 1. The van der Waals surface area contributed by atoms with Crippen molar-refractivity contribution in [1.29, 1.82) is 0 Å². The Morgan fingerprint density at radius 1 is 1.52 bits per heavy atom. The zero-order chi connectivity index (χ0) is 18.0. The van der Waals surface area contributed by atoms with E-state index in [1.54, 1.807) is 30.9 Å². The van der Waals surface area contributed by atoms with Gasteiger partial charge in [0.05, 0.1) is 6.54 Å². The number of hydrogen-bond donors (Lipinski definition) is 0. The summed E-state index contributed by atoms with van der Waals surface area (Å²) in [6.45, 7) is 7.31. The van der Waals surface area contributed by atoms with E-state index in [0.29, 0.717) is 18.3 Å². The second kappa shape index (κ2) is 7.31. The van der Waals surface area contributed by atoms with Crippen LogP contribution in [0, 0.1) is 12.7 Å². The third-order valence-electron chi connectivity index (χ3n) is 4.80. The van der Waals surface area contributed by atoms with Crippen molar-refractivity contribution in [3.8, 4) is 0 Å². The largest absolute Gasteiger partial charge is 0.340 e. The van der Waals surface area contributed by atoms with Crippen LogP contribution < -0.4 is 0 Å². The molecule has 2 aromatic rings. The summed E-state index contributed by atoms with van der Waals surface area (Å²) in [7, 11) is 0. The van der Waals surface area contributed by atoms with Crippen LogP contribution in [0.3, 0.4) is 0 Å². The lowest BCUT2D eigenvalue weighted by atomic mass is 10.1. The Morgan fingerprint density at radius 2 is 2.32 bits per heavy atom. The van der Waals surface area contributed by atoms with Gasteiger partial charge in [0.1, 0.15) is 5.82 Å². The second-order valence-electron chi connectivity index (χ2n) is 6.54. The van der Waals surface area contributed by atoms with E-state index >= 15 is 0 Å². The lowest BCUT2D eigenvalue weighted by molar-refractivity contribution is -0.131. The quantitative estimate of drug-likeness (QED) is 0.833. The van der Waals surface area contributed by atoms with Gasteiger partial charge in [0.25, 0.3) is 0 Å². The molecule has 1 aliphatic heterocycles. The molecule has 0 aliphatic carbocycles. The van der Waals surface area contributed by atoms with E-state index in [2.05, 4.69) is 22.0 Å². The number of amides is 1. The van der Waals surface area contributed by atoms with Crippen LogP contribution in [0.2, 0.25) is 0 Å². The number of rotatable bonds is 5. The fraction of sp³-hybridized carbons (Fsp3) is 0.500. The molecular formula is C18H23FN4O2. The normalized spacial score (nSPS) is 19.1. The smallest absolute Gasteiger partial charge is 0.223 e. The Kier molecular flexibility index (Phi) is 5.13. The molecule has 0 radical (unpaired) electrons. The van der Waals surface area contributed by atoms with Gasteiger partial charge in [0.15, 0.2) is 5.82 Å². The molecule has 0 unspecified atom stereocenters. The molecule has 2 heterocycles. The molecule has 1 aromatic heterocycles. The van der Waals surface area contributed by atoms with Crippen LogP contribution in [0.4, 0.5) is 4.39 Å². The van der Waals surface area contributed by atoms with Crippen molar-refractivity contribution in [3.63, 3.8) is 0 Å². The maximum atomic E-state index is 13.5. The van der Waals surface area contributed by atoms with Gasteiger partial charge in [-0.1, -0.05) is 17.3 Å². The van der Waals surface area contributed by atoms with Crippen molar-refractivity contribution >= 4 is 5.91 Å². The lowest BCUT2D eigenvalue weighted by Crippen LogP contribution is -2.40. The van der Waals surface area contributed by atoms with Crippen LogP contribution in [0.15, 0.2) is 28.8 Å². The van der Waals surface area contributed by atoms with E-state index in [1.807, 2.05) is 6.07 Å². The van der Waals surface area contributed by atoms with Crippen LogP contribution in [0.5, 0.6) is 0 Å². The average Bonchev–Trinajstić information content (AvgIpc) is 3.20. The first-order chi connectivity index (χ1) is 11.9. The Morgan fingerprint density at radius 3 is 2.96 bits per heavy atom. The van der Waals surface area contributed by atoms with Gasteiger partial charge < -0.3 is 9.42 Å². The Hall–Kier alpha value is -2.28. The molecule has 0 N–H and O–H groups in total. The lowest BCUT2D eigenvalue weighted by Gasteiger charge is -2.29. The highest BCUT2D eigenvalue weighted by Crippen LogP contribution is 2.27. The van der Waals surface area contributed by atoms with Crippen LogP contribution >= 0.6 is 0 Å². The Bertz CT molecular complexity index is 748. The summed E-state index contributed by atoms with van der Waals surface area (Å²) in [4.78, 5) is 20.4. The minimum atomic E-state index is -0.224. The van der Waals surface area contributed by atoms with Crippen LogP contribution in [0.1, 0.15) is 43.6 Å². The van der Waals surface area contributed by atoms with E-state index < -0.39 is 0 Å². The highest BCUT2D eigenvalue weighted by Gasteiger charge is 2.32. The van der Waals surface area contributed by atoms with Crippen molar-refractivity contribution < 1.29 is 13.7 Å². The topological polar surface area (TPSA) is 62.5 Å². The van der Waals surface area contributed by atoms with E-state index in [9.17, 15) is 9.18 Å². The molecule has 0 saturated carbocycles. The van der Waals surface area contributed by atoms with Crippen molar-refractivity contribution in [1.82, 2.24) is 19.9 Å². The molecule has 0 bridgehead atoms. The molecule has 134 valence electrons. The number of aryl methyl sites for hydroxylation is 1. The molecule has 6 nitrogen and oxygen atoms in total. The van der Waals surface area contributed by atoms with E-state index in [-0.39, 0.29) is 23.8 Å². The first kappa shape index (κ1) is 17.5. The molecule has 25 heavy (non-hydrogen) atoms. The van der Waals surface area contributed by atoms with Gasteiger partial charge in [-0.15, -0.1) is 0 Å². The first-order valence-corrected chi connectivity index (χ1v) is 8.50. The highest BCUT2D eigenvalue weighted by atomic mass is 19.1. The zero-order valence-corrected chi connectivity index (χ0v) is 14.8. The molecule has 3 rings (SSSR count). The van der Waals surface area contributed by atoms with Gasteiger partial charge in [-0.3, -0.25) is 9.69 Å². The van der Waals surface area contributed by atoms with Crippen LogP contribution in [-0.4, -0.2) is 45.0 Å². The summed E-state index contributed by atoms with van der Waals surface area (Å²) < 4.78 is 18.5. The number of halogens is 1. The minimum Gasteiger partial charge on any atom is -0.340 e. The fourth-order valence-corrected chi connectivity index (χ4v) is 3.41. The first-order valence-electron chi connectivity index (χ1n) is 8.50. The molecular weight excluding hydrogens is 323 g/mol. The number of carbonyl (C=O) groups is 1. The number of nitrogens with zero attached hydrogens (tertiary/aromatic N) is 4. The van der Waals surface area contributed by atoms with E-state index in [1.165, 1.54) is 6.07 Å². The maximum Gasteiger partial charge on any atom is 0.223 e. The number of benzene rings is 1. The SMILES string of the molecule is CC(=O)N(Cc1noc(C)n1)[C@@H]1CCN([C@@H](C)c2cccc(F)c2)C1. The van der Waals surface area contributed by atoms with Gasteiger partial charge in [0, 0.05) is 39.0 Å². The van der Waals surface area contributed by atoms with Gasteiger partial charge in [0.2, 0.25) is 11.8 Å². The molecule has 1 fully saturated rings. The summed E-state index contributed by atoms with van der Waals surface area (Å²) >= 11 is 0. The minimum absolute atomic E-state index is 0.00675. The molecule has 1 aliphatic rings. The summed E-state index contributed by atoms with van der Waals surface area (Å²) in [6, 6.07) is 6.88. The molecule has 2 atom stereocenters. The molecule has 7 heteroatoms. The van der Waals surface area contributed by atoms with Crippen molar-refractivity contribution in [3.05, 3.63) is 47.4 Å². The van der Waals surface area contributed by atoms with Crippen molar-refractivity contribution in [2.75, 3.05) is 13.1 Å². The molecule has 1 amide bonds. The van der Waals surface area contributed by atoms with Crippen LogP contribution in [-0.2, 0) is 11.3 Å². The molecule has 1 saturated heterocycles. The average molecular weight is 346 g/mol. The number of hydrogen-bond acceptors (Lipinski definition) is 5. The van der Waals surface area contributed by atoms with Gasteiger partial charge in [-0.05, 0) is 31.0 Å². The summed E-state index contributed by atoms with van der Waals surface area (Å²) in [5.74, 6) is 0.779. The summed E-state index contributed by atoms with van der Waals surface area (Å²) in [5.41, 5.74) is 0.948. The summed E-state index contributed by atoms with van der Waals surface area (Å²) in [5, 5.41) is 3.89. The third-order valence-corrected chi connectivity index (χ3v) is 4.80.